The van der Waals surface area contributed by atoms with E-state index in [1.165, 1.54) is 11.8 Å². The fourth-order valence-corrected chi connectivity index (χ4v) is 2.69. The lowest BCUT2D eigenvalue weighted by atomic mass is 10.5. The molecule has 0 bridgehead atoms. The molecule has 0 fully saturated rings. The summed E-state index contributed by atoms with van der Waals surface area (Å²) >= 11 is 1.48. The van der Waals surface area contributed by atoms with Crippen LogP contribution in [-0.2, 0) is 18.8 Å². The van der Waals surface area contributed by atoms with E-state index >= 15 is 0 Å². The second-order valence-corrected chi connectivity index (χ2v) is 5.06. The van der Waals surface area contributed by atoms with Crippen LogP contribution in [0.25, 0.3) is 11.7 Å². The molecule has 0 atom stereocenters. The Bertz CT molecular complexity index is 705. The first-order chi connectivity index (χ1) is 10.3. The van der Waals surface area contributed by atoms with Crippen molar-refractivity contribution in [1.29, 1.82) is 0 Å². The minimum Gasteiger partial charge on any atom is -0.459 e. The fraction of sp³-hybridized carbons (Fsp3) is 0.333. The molecule has 0 amide bonds. The van der Waals surface area contributed by atoms with Gasteiger partial charge in [0.05, 0.1) is 18.6 Å². The molecule has 110 valence electrons. The van der Waals surface area contributed by atoms with Crippen LogP contribution in [0.1, 0.15) is 18.6 Å². The van der Waals surface area contributed by atoms with Gasteiger partial charge in [0.25, 0.3) is 5.89 Å². The topological polar surface area (TPSA) is 109 Å². The van der Waals surface area contributed by atoms with E-state index in [0.717, 1.165) is 17.5 Å². The van der Waals surface area contributed by atoms with E-state index < -0.39 is 0 Å². The smallest absolute Gasteiger partial charge is 0.283 e. The van der Waals surface area contributed by atoms with Gasteiger partial charge in [-0.3, -0.25) is 0 Å². The number of rotatable bonds is 6. The second-order valence-electron chi connectivity index (χ2n) is 4.11. The van der Waals surface area contributed by atoms with Crippen molar-refractivity contribution in [1.82, 2.24) is 25.0 Å². The molecule has 21 heavy (non-hydrogen) atoms. The average molecular weight is 306 g/mol. The number of thioether (sulfide) groups is 1. The number of nitrogens with zero attached hydrogens (tertiary/aromatic N) is 5. The monoisotopic (exact) mass is 306 g/mol. The molecule has 0 saturated heterocycles. The zero-order chi connectivity index (χ0) is 14.7. The van der Waals surface area contributed by atoms with Crippen molar-refractivity contribution in [3.05, 3.63) is 30.1 Å². The van der Waals surface area contributed by atoms with E-state index in [9.17, 15) is 0 Å². The van der Waals surface area contributed by atoms with Crippen molar-refractivity contribution in [3.8, 4) is 11.7 Å². The maximum absolute atomic E-state index is 5.62. The Labute approximate surface area is 124 Å². The van der Waals surface area contributed by atoms with Gasteiger partial charge in [-0.05, 0) is 19.1 Å². The molecule has 3 rings (SSSR count). The van der Waals surface area contributed by atoms with Gasteiger partial charge in [0.1, 0.15) is 5.82 Å². The third-order valence-electron chi connectivity index (χ3n) is 2.82. The highest BCUT2D eigenvalue weighted by Crippen LogP contribution is 2.24. The molecule has 0 aromatic carbocycles. The van der Waals surface area contributed by atoms with Crippen LogP contribution in [0.5, 0.6) is 0 Å². The Morgan fingerprint density at radius 1 is 1.29 bits per heavy atom. The molecule has 0 aliphatic carbocycles. The fourth-order valence-electron chi connectivity index (χ4n) is 1.83. The van der Waals surface area contributed by atoms with Crippen molar-refractivity contribution in [2.75, 3.05) is 0 Å². The highest BCUT2D eigenvalue weighted by atomic mass is 32.2. The summed E-state index contributed by atoms with van der Waals surface area (Å²) in [4.78, 5) is 0. The summed E-state index contributed by atoms with van der Waals surface area (Å²) in [6.45, 7) is 3.15. The predicted octanol–water partition coefficient (Wildman–Crippen LogP) is 1.69. The van der Waals surface area contributed by atoms with Crippen molar-refractivity contribution in [3.63, 3.8) is 0 Å². The number of nitrogens with two attached hydrogens (primary N) is 1. The minimum atomic E-state index is 0.366. The Balaban J connectivity index is 1.69. The first-order valence-electron chi connectivity index (χ1n) is 6.43. The highest BCUT2D eigenvalue weighted by molar-refractivity contribution is 7.98. The van der Waals surface area contributed by atoms with Crippen molar-refractivity contribution in [2.45, 2.75) is 30.9 Å². The lowest BCUT2D eigenvalue weighted by Crippen LogP contribution is -2.08. The third-order valence-corrected chi connectivity index (χ3v) is 3.77. The number of furan rings is 1. The first kappa shape index (κ1) is 13.8. The van der Waals surface area contributed by atoms with Crippen LogP contribution in [0, 0.1) is 0 Å². The highest BCUT2D eigenvalue weighted by Gasteiger charge is 2.14. The molecule has 0 unspecified atom stereocenters. The summed E-state index contributed by atoms with van der Waals surface area (Å²) in [5.41, 5.74) is 5.62. The van der Waals surface area contributed by atoms with E-state index in [1.807, 2.05) is 11.5 Å². The maximum Gasteiger partial charge on any atom is 0.283 e. The Morgan fingerprint density at radius 3 is 2.90 bits per heavy atom. The van der Waals surface area contributed by atoms with Gasteiger partial charge in [-0.25, -0.2) is 0 Å². The van der Waals surface area contributed by atoms with Crippen molar-refractivity contribution in [2.24, 2.45) is 5.73 Å². The van der Waals surface area contributed by atoms with Gasteiger partial charge >= 0.3 is 0 Å². The van der Waals surface area contributed by atoms with Gasteiger partial charge in [0, 0.05) is 6.54 Å². The normalized spacial score (nSPS) is 11.1. The van der Waals surface area contributed by atoms with Crippen LogP contribution in [-0.4, -0.2) is 25.0 Å². The lowest BCUT2D eigenvalue weighted by molar-refractivity contribution is 0.494. The molecule has 8 nitrogen and oxygen atoms in total. The molecule has 3 heterocycles. The Kier molecular flexibility index (Phi) is 4.02. The van der Waals surface area contributed by atoms with E-state index in [-0.39, 0.29) is 0 Å². The summed E-state index contributed by atoms with van der Waals surface area (Å²) in [6, 6.07) is 3.54. The number of hydrogen-bond donors (Lipinski definition) is 1. The van der Waals surface area contributed by atoms with Crippen LogP contribution < -0.4 is 5.73 Å². The zero-order valence-electron chi connectivity index (χ0n) is 11.4. The molecule has 0 radical (unpaired) electrons. The molecule has 0 spiro atoms. The van der Waals surface area contributed by atoms with Crippen molar-refractivity contribution < 1.29 is 8.83 Å². The van der Waals surface area contributed by atoms with Crippen LogP contribution >= 0.6 is 11.8 Å². The van der Waals surface area contributed by atoms with Crippen molar-refractivity contribution >= 4 is 11.8 Å². The number of hydrogen-bond acceptors (Lipinski definition) is 8. The van der Waals surface area contributed by atoms with Gasteiger partial charge < -0.3 is 19.1 Å². The molecular weight excluding hydrogens is 292 g/mol. The molecule has 0 aliphatic rings. The summed E-state index contributed by atoms with van der Waals surface area (Å²) in [6.07, 6.45) is 1.56. The van der Waals surface area contributed by atoms with E-state index in [1.54, 1.807) is 18.4 Å². The molecule has 0 saturated carbocycles. The van der Waals surface area contributed by atoms with Gasteiger partial charge in [-0.1, -0.05) is 11.8 Å². The van der Waals surface area contributed by atoms with Crippen LogP contribution in [0.15, 0.2) is 32.4 Å². The third kappa shape index (κ3) is 2.83. The zero-order valence-corrected chi connectivity index (χ0v) is 12.2. The van der Waals surface area contributed by atoms with E-state index in [2.05, 4.69) is 20.4 Å². The number of aromatic nitrogens is 5. The lowest BCUT2D eigenvalue weighted by Gasteiger charge is -2.04. The van der Waals surface area contributed by atoms with E-state index in [4.69, 9.17) is 14.6 Å². The van der Waals surface area contributed by atoms with Gasteiger partial charge in [0.15, 0.2) is 10.9 Å². The molecule has 0 aliphatic heterocycles. The predicted molar refractivity (Wildman–Crippen MR) is 75.1 cm³/mol. The van der Waals surface area contributed by atoms with Gasteiger partial charge in [-0.15, -0.1) is 20.4 Å². The molecule has 3 aromatic heterocycles. The second kappa shape index (κ2) is 6.10. The summed E-state index contributed by atoms with van der Waals surface area (Å²) < 4.78 is 12.7. The minimum absolute atomic E-state index is 0.366. The molecule has 9 heteroatoms. The van der Waals surface area contributed by atoms with Crippen LogP contribution in [0.2, 0.25) is 0 Å². The Morgan fingerprint density at radius 2 is 2.19 bits per heavy atom. The molecule has 2 N–H and O–H groups in total. The van der Waals surface area contributed by atoms with E-state index in [0.29, 0.717) is 29.8 Å². The van der Waals surface area contributed by atoms with Gasteiger partial charge in [0.2, 0.25) is 5.89 Å². The maximum atomic E-state index is 5.62. The van der Waals surface area contributed by atoms with Crippen LogP contribution in [0.3, 0.4) is 0 Å². The standard InChI is InChI=1S/C12H14N6O2S/c1-2-18-9(6-13)14-17-12(18)21-7-10-15-16-11(20-10)8-4-3-5-19-8/h3-5H,2,6-7,13H2,1H3. The largest absolute Gasteiger partial charge is 0.459 e. The molecule has 3 aromatic rings. The first-order valence-corrected chi connectivity index (χ1v) is 7.41. The quantitative estimate of drug-likeness (QED) is 0.685. The summed E-state index contributed by atoms with van der Waals surface area (Å²) in [7, 11) is 0. The summed E-state index contributed by atoms with van der Waals surface area (Å²) in [5, 5.41) is 16.9. The average Bonchev–Trinajstić information content (AvgIpc) is 3.23. The Hall–Kier alpha value is -2.13. The SMILES string of the molecule is CCn1c(CN)nnc1SCc1nnc(-c2ccco2)o1. The van der Waals surface area contributed by atoms with Crippen LogP contribution in [0.4, 0.5) is 0 Å². The van der Waals surface area contributed by atoms with Gasteiger partial charge in [-0.2, -0.15) is 0 Å². The molecular formula is C12H14N6O2S. The summed E-state index contributed by atoms with van der Waals surface area (Å²) in [5.74, 6) is 2.71.